The van der Waals surface area contributed by atoms with Gasteiger partial charge in [-0.1, -0.05) is 6.07 Å². The maximum Gasteiger partial charge on any atom is 0.417 e. The molecule has 2 fully saturated rings. The first-order valence-corrected chi connectivity index (χ1v) is 11.5. The average Bonchev–Trinajstić information content (AvgIpc) is 3.48. The van der Waals surface area contributed by atoms with E-state index in [1.165, 1.54) is 18.3 Å². The Morgan fingerprint density at radius 3 is 2.29 bits per heavy atom. The molecule has 12 heteroatoms. The zero-order valence-corrected chi connectivity index (χ0v) is 19.1. The van der Waals surface area contributed by atoms with Crippen molar-refractivity contribution in [3.05, 3.63) is 47.8 Å². The van der Waals surface area contributed by atoms with Crippen LogP contribution in [-0.4, -0.2) is 50.9 Å². The van der Waals surface area contributed by atoms with Crippen LogP contribution in [0.25, 0.3) is 11.1 Å². The minimum Gasteiger partial charge on any atom is -0.480 e. The van der Waals surface area contributed by atoms with Gasteiger partial charge in [0.25, 0.3) is 0 Å². The van der Waals surface area contributed by atoms with Crippen molar-refractivity contribution in [1.29, 1.82) is 0 Å². The number of halogens is 6. The molecule has 4 rings (SSSR count). The highest BCUT2D eigenvalue weighted by Gasteiger charge is 2.70. The number of benzene rings is 1. The lowest BCUT2D eigenvalue weighted by Gasteiger charge is -2.28. The van der Waals surface area contributed by atoms with Gasteiger partial charge in [0.1, 0.15) is 11.5 Å². The lowest BCUT2D eigenvalue weighted by molar-refractivity contribution is -0.199. The molecule has 1 aromatic heterocycles. The third-order valence-electron chi connectivity index (χ3n) is 6.32. The van der Waals surface area contributed by atoms with Crippen molar-refractivity contribution in [2.24, 2.45) is 5.41 Å². The van der Waals surface area contributed by atoms with Gasteiger partial charge in [-0.3, -0.25) is 9.78 Å². The van der Waals surface area contributed by atoms with Gasteiger partial charge in [-0.15, -0.1) is 11.8 Å². The Bertz CT molecular complexity index is 1160. The van der Waals surface area contributed by atoms with Crippen LogP contribution in [0, 0.1) is 12.3 Å². The summed E-state index contributed by atoms with van der Waals surface area (Å²) in [5.74, 6) is -2.81. The molecule has 0 bridgehead atoms. The van der Waals surface area contributed by atoms with E-state index in [1.807, 2.05) is 0 Å². The minimum absolute atomic E-state index is 0.188. The van der Waals surface area contributed by atoms with E-state index in [2.05, 4.69) is 4.98 Å². The van der Waals surface area contributed by atoms with Crippen molar-refractivity contribution in [3.63, 3.8) is 0 Å². The molecule has 1 N–H and O–H groups in total. The van der Waals surface area contributed by atoms with E-state index in [0.717, 1.165) is 17.8 Å². The molecule has 1 saturated heterocycles. The zero-order chi connectivity index (χ0) is 25.8. The van der Waals surface area contributed by atoms with Crippen molar-refractivity contribution in [1.82, 2.24) is 9.88 Å². The van der Waals surface area contributed by atoms with Crippen molar-refractivity contribution in [2.45, 2.75) is 54.7 Å². The third-order valence-corrected chi connectivity index (χ3v) is 7.60. The Kier molecular flexibility index (Phi) is 6.31. The largest absolute Gasteiger partial charge is 0.480 e. The fraction of sp³-hybridized carbons (Fsp3) is 0.435. The number of hydrogen-bond acceptors (Lipinski definition) is 4. The first-order valence-electron chi connectivity index (χ1n) is 10.6. The van der Waals surface area contributed by atoms with E-state index in [9.17, 15) is 41.0 Å². The summed E-state index contributed by atoms with van der Waals surface area (Å²) in [6, 6.07) is 5.40. The Morgan fingerprint density at radius 1 is 1.09 bits per heavy atom. The molecule has 35 heavy (non-hydrogen) atoms. The Balaban J connectivity index is 1.61. The number of thioether (sulfide) groups is 1. The van der Waals surface area contributed by atoms with Crippen molar-refractivity contribution in [3.8, 4) is 11.1 Å². The van der Waals surface area contributed by atoms with Gasteiger partial charge >= 0.3 is 18.3 Å². The molecular weight excluding hydrogens is 498 g/mol. The average molecular weight is 518 g/mol. The summed E-state index contributed by atoms with van der Waals surface area (Å²) in [4.78, 5) is 28.9. The van der Waals surface area contributed by atoms with Crippen molar-refractivity contribution < 1.29 is 41.0 Å². The van der Waals surface area contributed by atoms with Gasteiger partial charge in [0.05, 0.1) is 5.56 Å². The van der Waals surface area contributed by atoms with Crippen LogP contribution in [-0.2, 0) is 15.8 Å². The molecule has 1 aliphatic carbocycles. The van der Waals surface area contributed by atoms with E-state index in [0.29, 0.717) is 21.7 Å². The SMILES string of the molecule is Cc1cc(-c2ccc(S[C@@H]3C[C@@H](C(=O)O)N(C(=O)C4(C(F)(F)F)CC4)C3)c(C(F)(F)F)c2)ccn1. The topological polar surface area (TPSA) is 70.5 Å². The summed E-state index contributed by atoms with van der Waals surface area (Å²) < 4.78 is 82.0. The summed E-state index contributed by atoms with van der Waals surface area (Å²) in [6.07, 6.45) is -9.18. The van der Waals surface area contributed by atoms with Crippen LogP contribution in [0.5, 0.6) is 0 Å². The summed E-state index contributed by atoms with van der Waals surface area (Å²) >= 11 is 0.722. The van der Waals surface area contributed by atoms with Gasteiger partial charge < -0.3 is 10.0 Å². The first kappa shape index (κ1) is 25.3. The van der Waals surface area contributed by atoms with Crippen molar-refractivity contribution >= 4 is 23.6 Å². The number of alkyl halides is 6. The lowest BCUT2D eigenvalue weighted by atomic mass is 10.0. The highest BCUT2D eigenvalue weighted by molar-refractivity contribution is 8.00. The van der Waals surface area contributed by atoms with Crippen molar-refractivity contribution in [2.75, 3.05) is 6.54 Å². The Morgan fingerprint density at radius 2 is 1.74 bits per heavy atom. The molecule has 2 aromatic rings. The second kappa shape index (κ2) is 8.72. The number of nitrogens with zero attached hydrogens (tertiary/aromatic N) is 2. The molecule has 1 aromatic carbocycles. The van der Waals surface area contributed by atoms with E-state index >= 15 is 0 Å². The number of aliphatic carboxylic acids is 1. The predicted octanol–water partition coefficient (Wildman–Crippen LogP) is 5.56. The maximum absolute atomic E-state index is 13.9. The third kappa shape index (κ3) is 4.85. The van der Waals surface area contributed by atoms with Crippen LogP contribution in [0.15, 0.2) is 41.4 Å². The second-order valence-corrected chi connectivity index (χ2v) is 10.1. The summed E-state index contributed by atoms with van der Waals surface area (Å²) in [5.41, 5.74) is -2.08. The number of hydrogen-bond donors (Lipinski definition) is 1. The zero-order valence-electron chi connectivity index (χ0n) is 18.3. The maximum atomic E-state index is 13.9. The molecule has 2 atom stereocenters. The standard InChI is InChI=1S/C23H20F6N2O3S/c1-12-8-14(4-7-30-12)13-2-3-18(16(9-13)22(24,25)26)35-15-10-17(19(32)33)31(11-15)20(34)21(5-6-21)23(27,28)29/h2-4,7-9,15,17H,5-6,10-11H2,1H3,(H,32,33)/t15-,17+/m1/s1. The summed E-state index contributed by atoms with van der Waals surface area (Å²) in [7, 11) is 0. The van der Waals surface area contributed by atoms with Gasteiger partial charge in [-0.2, -0.15) is 26.3 Å². The number of amides is 1. The number of carboxylic acid groups (broad SMARTS) is 1. The first-order chi connectivity index (χ1) is 16.2. The van der Waals surface area contributed by atoms with Crippen LogP contribution in [0.3, 0.4) is 0 Å². The van der Waals surface area contributed by atoms with Crippen LogP contribution in [0.1, 0.15) is 30.5 Å². The smallest absolute Gasteiger partial charge is 0.417 e. The van der Waals surface area contributed by atoms with E-state index in [-0.39, 0.29) is 17.9 Å². The van der Waals surface area contributed by atoms with Gasteiger partial charge in [-0.05, 0) is 61.6 Å². The number of aryl methyl sites for hydroxylation is 1. The number of carbonyl (C=O) groups excluding carboxylic acids is 1. The van der Waals surface area contributed by atoms with E-state index < -0.39 is 59.3 Å². The lowest BCUT2D eigenvalue weighted by Crippen LogP contribution is -2.48. The molecule has 2 aliphatic rings. The summed E-state index contributed by atoms with van der Waals surface area (Å²) in [6.45, 7) is 1.32. The monoisotopic (exact) mass is 518 g/mol. The molecule has 0 unspecified atom stereocenters. The molecular formula is C23H20F6N2O3S. The highest BCUT2D eigenvalue weighted by atomic mass is 32.2. The Labute approximate surface area is 200 Å². The molecule has 1 aliphatic heterocycles. The molecule has 5 nitrogen and oxygen atoms in total. The fourth-order valence-electron chi connectivity index (χ4n) is 4.30. The summed E-state index contributed by atoms with van der Waals surface area (Å²) in [5, 5.41) is 8.68. The molecule has 0 spiro atoms. The van der Waals surface area contributed by atoms with Gasteiger partial charge in [0, 0.05) is 28.6 Å². The number of aromatic nitrogens is 1. The Hall–Kier alpha value is -2.76. The van der Waals surface area contributed by atoms with Crippen LogP contribution >= 0.6 is 11.8 Å². The van der Waals surface area contributed by atoms with Crippen LogP contribution in [0.2, 0.25) is 0 Å². The minimum atomic E-state index is -4.82. The molecule has 2 heterocycles. The van der Waals surface area contributed by atoms with Gasteiger partial charge in [0.15, 0.2) is 0 Å². The molecule has 1 amide bonds. The molecule has 188 valence electrons. The van der Waals surface area contributed by atoms with Crippen LogP contribution in [0.4, 0.5) is 26.3 Å². The number of carboxylic acids is 1. The number of carbonyl (C=O) groups is 2. The molecule has 0 radical (unpaired) electrons. The fourth-order valence-corrected chi connectivity index (χ4v) is 5.62. The quantitative estimate of drug-likeness (QED) is 0.525. The van der Waals surface area contributed by atoms with E-state index in [4.69, 9.17) is 0 Å². The number of pyridine rings is 1. The predicted molar refractivity (Wildman–Crippen MR) is 115 cm³/mol. The molecule has 1 saturated carbocycles. The second-order valence-electron chi connectivity index (χ2n) is 8.76. The highest BCUT2D eigenvalue weighted by Crippen LogP contribution is 2.59. The normalized spacial score (nSPS) is 21.7. The number of rotatable bonds is 5. The number of likely N-dealkylation sites (tertiary alicyclic amines) is 1. The van der Waals surface area contributed by atoms with Gasteiger partial charge in [-0.25, -0.2) is 4.79 Å². The van der Waals surface area contributed by atoms with Gasteiger partial charge in [0.2, 0.25) is 5.91 Å². The van der Waals surface area contributed by atoms with Crippen LogP contribution < -0.4 is 0 Å². The van der Waals surface area contributed by atoms with E-state index in [1.54, 1.807) is 19.1 Å².